The third-order valence-corrected chi connectivity index (χ3v) is 3.12. The largest absolute Gasteiger partial charge is 0.497 e. The number of ether oxygens (including phenoxy) is 1. The number of carbonyl (C=O) groups excluding carboxylic acids is 1. The first-order valence-corrected chi connectivity index (χ1v) is 6.82. The summed E-state index contributed by atoms with van der Waals surface area (Å²) in [6.07, 6.45) is 0.399. The van der Waals surface area contributed by atoms with Crippen LogP contribution in [0.2, 0.25) is 0 Å². The van der Waals surface area contributed by atoms with Gasteiger partial charge in [0.05, 0.1) is 31.1 Å². The Balaban J connectivity index is 2.65. The topological polar surface area (TPSA) is 91.4 Å². The molecule has 0 saturated heterocycles. The summed E-state index contributed by atoms with van der Waals surface area (Å²) in [5.41, 5.74) is 6.88. The minimum atomic E-state index is -0.154. The molecule has 6 nitrogen and oxygen atoms in total. The van der Waals surface area contributed by atoms with Gasteiger partial charge in [-0.3, -0.25) is 9.69 Å². The molecule has 6 heteroatoms. The number of nitriles is 1. The van der Waals surface area contributed by atoms with Crippen molar-refractivity contribution >= 4 is 17.3 Å². The van der Waals surface area contributed by atoms with Gasteiger partial charge in [0.1, 0.15) is 5.75 Å². The second kappa shape index (κ2) is 8.12. The van der Waals surface area contributed by atoms with E-state index < -0.39 is 0 Å². The summed E-state index contributed by atoms with van der Waals surface area (Å²) in [4.78, 5) is 14.0. The lowest BCUT2D eigenvalue weighted by Gasteiger charge is -2.24. The SMILES string of the molecule is COc1ccc(NC(=O)CN(CCC#N)C(C)C)c(N)c1. The van der Waals surface area contributed by atoms with Crippen LogP contribution in [-0.2, 0) is 4.79 Å². The van der Waals surface area contributed by atoms with Crippen LogP contribution in [0, 0.1) is 11.3 Å². The summed E-state index contributed by atoms with van der Waals surface area (Å²) >= 11 is 0. The van der Waals surface area contributed by atoms with E-state index in [2.05, 4.69) is 11.4 Å². The Bertz CT molecular complexity index is 523. The van der Waals surface area contributed by atoms with Gasteiger partial charge in [-0.25, -0.2) is 0 Å². The van der Waals surface area contributed by atoms with Crippen molar-refractivity contribution in [2.24, 2.45) is 0 Å². The number of methoxy groups -OCH3 is 1. The molecule has 1 aromatic carbocycles. The molecule has 0 atom stereocenters. The van der Waals surface area contributed by atoms with Crippen LogP contribution in [-0.4, -0.2) is 37.0 Å². The number of nitrogen functional groups attached to an aromatic ring is 1. The molecule has 0 spiro atoms. The Hall–Kier alpha value is -2.26. The maximum atomic E-state index is 12.1. The van der Waals surface area contributed by atoms with E-state index in [1.807, 2.05) is 18.7 Å². The quantitative estimate of drug-likeness (QED) is 0.748. The van der Waals surface area contributed by atoms with Crippen molar-refractivity contribution in [3.63, 3.8) is 0 Å². The molecule has 1 aromatic rings. The fourth-order valence-corrected chi connectivity index (χ4v) is 1.87. The van der Waals surface area contributed by atoms with E-state index in [9.17, 15) is 4.79 Å². The van der Waals surface area contributed by atoms with Gasteiger partial charge in [0.25, 0.3) is 0 Å². The average molecular weight is 290 g/mol. The van der Waals surface area contributed by atoms with Gasteiger partial charge in [0, 0.05) is 25.1 Å². The Morgan fingerprint density at radius 1 is 1.52 bits per heavy atom. The van der Waals surface area contributed by atoms with Gasteiger partial charge >= 0.3 is 0 Å². The fraction of sp³-hybridized carbons (Fsp3) is 0.467. The second-order valence-electron chi connectivity index (χ2n) is 4.97. The van der Waals surface area contributed by atoms with Crippen LogP contribution in [0.4, 0.5) is 11.4 Å². The maximum absolute atomic E-state index is 12.1. The lowest BCUT2D eigenvalue weighted by molar-refractivity contribution is -0.117. The molecule has 114 valence electrons. The predicted molar refractivity (Wildman–Crippen MR) is 83.0 cm³/mol. The van der Waals surface area contributed by atoms with Crippen LogP contribution >= 0.6 is 0 Å². The number of carbonyl (C=O) groups is 1. The molecule has 21 heavy (non-hydrogen) atoms. The summed E-state index contributed by atoms with van der Waals surface area (Å²) in [5, 5.41) is 11.4. The van der Waals surface area contributed by atoms with Crippen LogP contribution < -0.4 is 15.8 Å². The van der Waals surface area contributed by atoms with Crippen molar-refractivity contribution in [3.8, 4) is 11.8 Å². The van der Waals surface area contributed by atoms with Crippen molar-refractivity contribution in [1.82, 2.24) is 4.90 Å². The minimum Gasteiger partial charge on any atom is -0.497 e. The van der Waals surface area contributed by atoms with Crippen molar-refractivity contribution < 1.29 is 9.53 Å². The van der Waals surface area contributed by atoms with Gasteiger partial charge < -0.3 is 15.8 Å². The zero-order valence-electron chi connectivity index (χ0n) is 12.7. The fourth-order valence-electron chi connectivity index (χ4n) is 1.87. The van der Waals surface area contributed by atoms with Crippen LogP contribution in [0.5, 0.6) is 5.75 Å². The highest BCUT2D eigenvalue weighted by Gasteiger charge is 2.14. The van der Waals surface area contributed by atoms with E-state index in [1.54, 1.807) is 25.3 Å². The predicted octanol–water partition coefficient (Wildman–Crippen LogP) is 1.84. The Kier molecular flexibility index (Phi) is 6.50. The monoisotopic (exact) mass is 290 g/mol. The molecule has 0 bridgehead atoms. The summed E-state index contributed by atoms with van der Waals surface area (Å²) in [7, 11) is 1.56. The molecule has 0 saturated carbocycles. The number of hydrogen-bond acceptors (Lipinski definition) is 5. The van der Waals surface area contributed by atoms with Crippen LogP contribution in [0.1, 0.15) is 20.3 Å². The summed E-state index contributed by atoms with van der Waals surface area (Å²) in [6.45, 7) is 4.78. The van der Waals surface area contributed by atoms with Crippen LogP contribution in [0.25, 0.3) is 0 Å². The lowest BCUT2D eigenvalue weighted by Crippen LogP contribution is -2.38. The standard InChI is InChI=1S/C15H22N4O2/c1-11(2)19(8-4-7-16)10-15(20)18-14-6-5-12(21-3)9-13(14)17/h5-6,9,11H,4,8,10,17H2,1-3H3,(H,18,20). The highest BCUT2D eigenvalue weighted by atomic mass is 16.5. The number of nitrogens with two attached hydrogens (primary N) is 1. The van der Waals surface area contributed by atoms with E-state index in [0.717, 1.165) is 0 Å². The molecule has 0 aliphatic heterocycles. The van der Waals surface area contributed by atoms with E-state index in [0.29, 0.717) is 30.1 Å². The minimum absolute atomic E-state index is 0.154. The molecular weight excluding hydrogens is 268 g/mol. The maximum Gasteiger partial charge on any atom is 0.238 e. The molecule has 0 fully saturated rings. The normalized spacial score (nSPS) is 10.5. The molecule has 0 aliphatic rings. The molecule has 0 aromatic heterocycles. The highest BCUT2D eigenvalue weighted by Crippen LogP contribution is 2.23. The van der Waals surface area contributed by atoms with E-state index in [1.165, 1.54) is 0 Å². The first-order valence-electron chi connectivity index (χ1n) is 6.82. The van der Waals surface area contributed by atoms with Gasteiger partial charge in [0.15, 0.2) is 0 Å². The third kappa shape index (κ3) is 5.32. The number of anilines is 2. The highest BCUT2D eigenvalue weighted by molar-refractivity contribution is 5.95. The van der Waals surface area contributed by atoms with Gasteiger partial charge in [-0.05, 0) is 26.0 Å². The summed E-state index contributed by atoms with van der Waals surface area (Å²) in [6, 6.07) is 7.39. The smallest absolute Gasteiger partial charge is 0.238 e. The Morgan fingerprint density at radius 2 is 2.24 bits per heavy atom. The van der Waals surface area contributed by atoms with Crippen LogP contribution in [0.15, 0.2) is 18.2 Å². The van der Waals surface area contributed by atoms with E-state index in [-0.39, 0.29) is 18.5 Å². The third-order valence-electron chi connectivity index (χ3n) is 3.12. The Morgan fingerprint density at radius 3 is 2.76 bits per heavy atom. The summed E-state index contributed by atoms with van der Waals surface area (Å²) in [5.74, 6) is 0.488. The first-order chi connectivity index (χ1) is 9.97. The number of nitrogens with one attached hydrogen (secondary N) is 1. The number of nitrogens with zero attached hydrogens (tertiary/aromatic N) is 2. The number of amides is 1. The van der Waals surface area contributed by atoms with E-state index in [4.69, 9.17) is 15.7 Å². The molecule has 0 heterocycles. The number of rotatable bonds is 7. The second-order valence-corrected chi connectivity index (χ2v) is 4.97. The first kappa shape index (κ1) is 16.8. The molecule has 1 rings (SSSR count). The zero-order valence-corrected chi connectivity index (χ0v) is 12.7. The molecule has 1 amide bonds. The molecule has 0 aliphatic carbocycles. The van der Waals surface area contributed by atoms with Crippen LogP contribution in [0.3, 0.4) is 0 Å². The van der Waals surface area contributed by atoms with Gasteiger partial charge in [0.2, 0.25) is 5.91 Å². The van der Waals surface area contributed by atoms with Gasteiger partial charge in [-0.15, -0.1) is 0 Å². The average Bonchev–Trinajstić information content (AvgIpc) is 2.45. The number of benzene rings is 1. The summed E-state index contributed by atoms with van der Waals surface area (Å²) < 4.78 is 5.06. The van der Waals surface area contributed by atoms with Crippen molar-refractivity contribution in [3.05, 3.63) is 18.2 Å². The van der Waals surface area contributed by atoms with Crippen molar-refractivity contribution in [1.29, 1.82) is 5.26 Å². The van der Waals surface area contributed by atoms with Crippen molar-refractivity contribution in [2.45, 2.75) is 26.3 Å². The molecular formula is C15H22N4O2. The molecule has 0 unspecified atom stereocenters. The van der Waals surface area contributed by atoms with Gasteiger partial charge in [-0.2, -0.15) is 5.26 Å². The Labute approximate surface area is 125 Å². The number of hydrogen-bond donors (Lipinski definition) is 2. The zero-order chi connectivity index (χ0) is 15.8. The van der Waals surface area contributed by atoms with Gasteiger partial charge in [-0.1, -0.05) is 0 Å². The molecule has 3 N–H and O–H groups in total. The van der Waals surface area contributed by atoms with Crippen molar-refractivity contribution in [2.75, 3.05) is 31.2 Å². The van der Waals surface area contributed by atoms with E-state index >= 15 is 0 Å². The lowest BCUT2D eigenvalue weighted by atomic mass is 10.2. The molecule has 0 radical (unpaired) electrons.